The van der Waals surface area contributed by atoms with Gasteiger partial charge < -0.3 is 20.6 Å². The van der Waals surface area contributed by atoms with E-state index in [9.17, 15) is 9.90 Å². The number of thiophene rings is 1. The lowest BCUT2D eigenvalue weighted by Crippen LogP contribution is -2.49. The summed E-state index contributed by atoms with van der Waals surface area (Å²) in [5.41, 5.74) is 6.43. The maximum absolute atomic E-state index is 12.4. The summed E-state index contributed by atoms with van der Waals surface area (Å²) >= 11 is 1.43. The normalized spacial score (nSPS) is 22.6. The number of amides is 1. The van der Waals surface area contributed by atoms with Gasteiger partial charge >= 0.3 is 0 Å². The van der Waals surface area contributed by atoms with Gasteiger partial charge in [0.1, 0.15) is 4.88 Å². The summed E-state index contributed by atoms with van der Waals surface area (Å²) in [5.74, 6) is 0.0787. The number of rotatable bonds is 2. The fraction of sp³-hybridized carbons (Fsp3) is 0.667. The molecule has 0 aliphatic carbocycles. The van der Waals surface area contributed by atoms with Gasteiger partial charge in [-0.25, -0.2) is 0 Å². The maximum Gasteiger partial charge on any atom is 0.266 e. The Kier molecular flexibility index (Phi) is 4.47. The Hall–Kier alpha value is -1.11. The molecule has 2 aliphatic rings. The first kappa shape index (κ1) is 14.8. The third-order valence-electron chi connectivity index (χ3n) is 4.66. The van der Waals surface area contributed by atoms with Gasteiger partial charge in [0.15, 0.2) is 0 Å². The highest BCUT2D eigenvalue weighted by Gasteiger charge is 2.30. The van der Waals surface area contributed by atoms with Crippen LogP contribution in [0.3, 0.4) is 0 Å². The molecule has 1 aromatic rings. The molecule has 5 nitrogen and oxygen atoms in total. The van der Waals surface area contributed by atoms with E-state index in [1.807, 2.05) is 10.3 Å². The fourth-order valence-electron chi connectivity index (χ4n) is 3.32. The van der Waals surface area contributed by atoms with E-state index in [1.165, 1.54) is 11.3 Å². The van der Waals surface area contributed by atoms with Crippen LogP contribution < -0.4 is 5.73 Å². The van der Waals surface area contributed by atoms with Gasteiger partial charge in [-0.05, 0) is 37.1 Å². The van der Waals surface area contributed by atoms with Crippen molar-refractivity contribution in [2.45, 2.75) is 37.8 Å². The second kappa shape index (κ2) is 6.34. The highest BCUT2D eigenvalue weighted by Crippen LogP contribution is 2.25. The summed E-state index contributed by atoms with van der Waals surface area (Å²) in [6.07, 6.45) is 3.68. The van der Waals surface area contributed by atoms with Crippen LogP contribution in [0.5, 0.6) is 0 Å². The van der Waals surface area contributed by atoms with Gasteiger partial charge in [-0.15, -0.1) is 11.3 Å². The monoisotopic (exact) mass is 309 g/mol. The molecule has 0 aromatic carbocycles. The fourth-order valence-corrected chi connectivity index (χ4v) is 4.11. The number of carbonyl (C=O) groups excluding carboxylic acids is 1. The second-order valence-electron chi connectivity index (χ2n) is 6.00. The number of nitrogens with two attached hydrogens (primary N) is 1. The molecule has 3 rings (SSSR count). The zero-order valence-electron chi connectivity index (χ0n) is 12.2. The van der Waals surface area contributed by atoms with Crippen molar-refractivity contribution < 1.29 is 9.90 Å². The van der Waals surface area contributed by atoms with Gasteiger partial charge in [0.05, 0.1) is 11.8 Å². The number of nitrogen functional groups attached to an aromatic ring is 1. The van der Waals surface area contributed by atoms with Crippen LogP contribution in [-0.4, -0.2) is 59.1 Å². The van der Waals surface area contributed by atoms with Gasteiger partial charge in [0, 0.05) is 32.2 Å². The molecule has 1 aromatic heterocycles. The molecule has 2 saturated heterocycles. The molecule has 1 amide bonds. The van der Waals surface area contributed by atoms with Gasteiger partial charge in [0.2, 0.25) is 0 Å². The summed E-state index contributed by atoms with van der Waals surface area (Å²) in [4.78, 5) is 17.5. The lowest BCUT2D eigenvalue weighted by atomic mass is 9.99. The average Bonchev–Trinajstić information content (AvgIpc) is 2.94. The Bertz CT molecular complexity index is 489. The molecule has 0 saturated carbocycles. The lowest BCUT2D eigenvalue weighted by Gasteiger charge is -2.41. The summed E-state index contributed by atoms with van der Waals surface area (Å²) in [6.45, 7) is 3.58. The molecule has 0 unspecified atom stereocenters. The smallest absolute Gasteiger partial charge is 0.266 e. The van der Waals surface area contributed by atoms with Crippen molar-refractivity contribution in [1.82, 2.24) is 9.80 Å². The predicted molar refractivity (Wildman–Crippen MR) is 84.5 cm³/mol. The van der Waals surface area contributed by atoms with Crippen LogP contribution >= 0.6 is 11.3 Å². The molecule has 3 heterocycles. The van der Waals surface area contributed by atoms with E-state index in [0.717, 1.165) is 51.9 Å². The van der Waals surface area contributed by atoms with E-state index < -0.39 is 0 Å². The SMILES string of the molecule is Nc1ccsc1C(=O)N1CCC(N2CCC(O)CC2)CC1. The zero-order chi connectivity index (χ0) is 14.8. The van der Waals surface area contributed by atoms with Gasteiger partial charge in [-0.1, -0.05) is 0 Å². The Morgan fingerprint density at radius 3 is 2.43 bits per heavy atom. The van der Waals surface area contributed by atoms with Gasteiger partial charge in [-0.3, -0.25) is 4.79 Å². The molecule has 2 fully saturated rings. The Balaban J connectivity index is 1.53. The van der Waals surface area contributed by atoms with Crippen LogP contribution in [0.2, 0.25) is 0 Å². The minimum atomic E-state index is -0.121. The van der Waals surface area contributed by atoms with Crippen molar-refractivity contribution in [3.63, 3.8) is 0 Å². The Labute approximate surface area is 129 Å². The van der Waals surface area contributed by atoms with E-state index in [2.05, 4.69) is 4.90 Å². The number of aliphatic hydroxyl groups excluding tert-OH is 1. The van der Waals surface area contributed by atoms with Gasteiger partial charge in [0.25, 0.3) is 5.91 Å². The highest BCUT2D eigenvalue weighted by molar-refractivity contribution is 7.12. The molecule has 2 aliphatic heterocycles. The molecule has 116 valence electrons. The number of piperidine rings is 2. The maximum atomic E-state index is 12.4. The molecule has 0 radical (unpaired) electrons. The number of hydrogen-bond acceptors (Lipinski definition) is 5. The molecule has 3 N–H and O–H groups in total. The first-order valence-electron chi connectivity index (χ1n) is 7.69. The van der Waals surface area contributed by atoms with Crippen LogP contribution in [0.1, 0.15) is 35.4 Å². The Morgan fingerprint density at radius 1 is 1.19 bits per heavy atom. The molecular weight excluding hydrogens is 286 g/mol. The van der Waals surface area contributed by atoms with E-state index in [1.54, 1.807) is 6.07 Å². The number of aliphatic hydroxyl groups is 1. The summed E-state index contributed by atoms with van der Waals surface area (Å²) in [6, 6.07) is 2.35. The second-order valence-corrected chi connectivity index (χ2v) is 6.91. The van der Waals surface area contributed by atoms with Gasteiger partial charge in [-0.2, -0.15) is 0 Å². The Morgan fingerprint density at radius 2 is 1.86 bits per heavy atom. The molecular formula is C15H23N3O2S. The number of carbonyl (C=O) groups is 1. The van der Waals surface area contributed by atoms with Crippen LogP contribution in [0.25, 0.3) is 0 Å². The van der Waals surface area contributed by atoms with Crippen molar-refractivity contribution in [1.29, 1.82) is 0 Å². The number of anilines is 1. The third kappa shape index (κ3) is 3.22. The summed E-state index contributed by atoms with van der Waals surface area (Å²) in [7, 11) is 0. The van der Waals surface area contributed by atoms with Crippen molar-refractivity contribution >= 4 is 22.9 Å². The zero-order valence-corrected chi connectivity index (χ0v) is 13.0. The summed E-state index contributed by atoms with van der Waals surface area (Å²) < 4.78 is 0. The van der Waals surface area contributed by atoms with E-state index in [-0.39, 0.29) is 12.0 Å². The lowest BCUT2D eigenvalue weighted by molar-refractivity contribution is 0.0359. The van der Waals surface area contributed by atoms with Crippen LogP contribution in [0.15, 0.2) is 11.4 Å². The summed E-state index contributed by atoms with van der Waals surface area (Å²) in [5, 5.41) is 11.5. The predicted octanol–water partition coefficient (Wildman–Crippen LogP) is 1.39. The standard InChI is InChI=1S/C15H23N3O2S/c16-13-5-10-21-14(13)15(20)18-6-1-11(2-7-18)17-8-3-12(19)4-9-17/h5,10-12,19H,1-4,6-9,16H2. The highest BCUT2D eigenvalue weighted by atomic mass is 32.1. The van der Waals surface area contributed by atoms with E-state index in [4.69, 9.17) is 5.73 Å². The number of likely N-dealkylation sites (tertiary alicyclic amines) is 2. The minimum absolute atomic E-state index is 0.0787. The minimum Gasteiger partial charge on any atom is -0.397 e. The quantitative estimate of drug-likeness (QED) is 0.866. The number of nitrogens with zero attached hydrogens (tertiary/aromatic N) is 2. The molecule has 0 bridgehead atoms. The van der Waals surface area contributed by atoms with Crippen molar-refractivity contribution in [2.24, 2.45) is 0 Å². The first-order chi connectivity index (χ1) is 10.1. The first-order valence-corrected chi connectivity index (χ1v) is 8.57. The van der Waals surface area contributed by atoms with Crippen LogP contribution in [0, 0.1) is 0 Å². The molecule has 0 spiro atoms. The third-order valence-corrected chi connectivity index (χ3v) is 5.58. The number of hydrogen-bond donors (Lipinski definition) is 2. The van der Waals surface area contributed by atoms with Crippen LogP contribution in [0.4, 0.5) is 5.69 Å². The largest absolute Gasteiger partial charge is 0.397 e. The average molecular weight is 309 g/mol. The van der Waals surface area contributed by atoms with Crippen molar-refractivity contribution in [3.8, 4) is 0 Å². The van der Waals surface area contributed by atoms with E-state index >= 15 is 0 Å². The van der Waals surface area contributed by atoms with Crippen molar-refractivity contribution in [3.05, 3.63) is 16.3 Å². The topological polar surface area (TPSA) is 69.8 Å². The van der Waals surface area contributed by atoms with Crippen molar-refractivity contribution in [2.75, 3.05) is 31.9 Å². The molecule has 0 atom stereocenters. The molecule has 21 heavy (non-hydrogen) atoms. The molecule has 6 heteroatoms. The van der Waals surface area contributed by atoms with E-state index in [0.29, 0.717) is 16.6 Å². The van der Waals surface area contributed by atoms with Crippen LogP contribution in [-0.2, 0) is 0 Å².